The molecule has 33 heavy (non-hydrogen) atoms. The highest BCUT2D eigenvalue weighted by atomic mass is 16.3. The van der Waals surface area contributed by atoms with Gasteiger partial charge in [-0.1, -0.05) is 54.1 Å². The zero-order valence-corrected chi connectivity index (χ0v) is 19.1. The van der Waals surface area contributed by atoms with Crippen molar-refractivity contribution in [3.05, 3.63) is 89.7 Å². The summed E-state index contributed by atoms with van der Waals surface area (Å²) in [7, 11) is 0. The number of aryl methyl sites for hydroxylation is 1. The third-order valence-electron chi connectivity index (χ3n) is 7.26. The lowest BCUT2D eigenvalue weighted by Crippen LogP contribution is -2.67. The number of fused-ring (bicyclic) bond motifs is 1. The van der Waals surface area contributed by atoms with Crippen molar-refractivity contribution in [3.63, 3.8) is 0 Å². The second-order valence-electron chi connectivity index (χ2n) is 9.26. The molecule has 5 nitrogen and oxygen atoms in total. The fourth-order valence-corrected chi connectivity index (χ4v) is 5.45. The minimum Gasteiger partial charge on any atom is -0.395 e. The first-order chi connectivity index (χ1) is 16.2. The number of pyridine rings is 1. The summed E-state index contributed by atoms with van der Waals surface area (Å²) in [5.74, 6) is 0.285. The van der Waals surface area contributed by atoms with Crippen LogP contribution in [0.15, 0.2) is 73.1 Å². The largest absolute Gasteiger partial charge is 0.395 e. The third-order valence-corrected chi connectivity index (χ3v) is 7.26. The molecule has 3 aromatic rings. The van der Waals surface area contributed by atoms with Crippen LogP contribution < -0.4 is 0 Å². The number of aliphatic hydroxyl groups is 1. The number of carbonyl (C=O) groups is 1. The lowest BCUT2D eigenvalue weighted by atomic mass is 9.74. The van der Waals surface area contributed by atoms with Crippen LogP contribution in [0.3, 0.4) is 0 Å². The molecule has 3 heterocycles. The highest BCUT2D eigenvalue weighted by Gasteiger charge is 2.49. The van der Waals surface area contributed by atoms with E-state index in [9.17, 15) is 9.90 Å². The van der Waals surface area contributed by atoms with Gasteiger partial charge in [-0.2, -0.15) is 0 Å². The normalized spacial score (nSPS) is 23.2. The van der Waals surface area contributed by atoms with Gasteiger partial charge in [0, 0.05) is 49.0 Å². The molecule has 2 aliphatic rings. The van der Waals surface area contributed by atoms with Gasteiger partial charge in [0.1, 0.15) is 0 Å². The number of aliphatic hydroxyl groups excluding tert-OH is 1. The van der Waals surface area contributed by atoms with Crippen molar-refractivity contribution < 1.29 is 9.90 Å². The van der Waals surface area contributed by atoms with Gasteiger partial charge in [0.15, 0.2) is 0 Å². The molecule has 2 aliphatic heterocycles. The zero-order valence-electron chi connectivity index (χ0n) is 19.1. The molecular formula is C28H31N3O2. The van der Waals surface area contributed by atoms with E-state index in [-0.39, 0.29) is 30.5 Å². The number of rotatable bonds is 4. The molecule has 0 radical (unpaired) electrons. The summed E-state index contributed by atoms with van der Waals surface area (Å²) in [6.07, 6.45) is 5.36. The van der Waals surface area contributed by atoms with Crippen molar-refractivity contribution in [2.24, 2.45) is 0 Å². The summed E-state index contributed by atoms with van der Waals surface area (Å²) in [5.41, 5.74) is 5.59. The van der Waals surface area contributed by atoms with Gasteiger partial charge in [-0.3, -0.25) is 14.7 Å². The van der Waals surface area contributed by atoms with Crippen LogP contribution in [0.25, 0.3) is 11.1 Å². The van der Waals surface area contributed by atoms with Crippen molar-refractivity contribution in [1.29, 1.82) is 0 Å². The Bertz CT molecular complexity index is 1080. The Kier molecular flexibility index (Phi) is 6.25. The maximum absolute atomic E-state index is 13.2. The molecule has 1 amide bonds. The van der Waals surface area contributed by atoms with Crippen LogP contribution in [-0.2, 0) is 0 Å². The van der Waals surface area contributed by atoms with Crippen LogP contribution in [0.1, 0.15) is 40.2 Å². The van der Waals surface area contributed by atoms with Crippen molar-refractivity contribution in [2.75, 3.05) is 26.2 Å². The van der Waals surface area contributed by atoms with Crippen molar-refractivity contribution in [2.45, 2.75) is 37.8 Å². The molecular weight excluding hydrogens is 410 g/mol. The Labute approximate surface area is 195 Å². The molecule has 0 bridgehead atoms. The lowest BCUT2D eigenvalue weighted by Gasteiger charge is -2.57. The summed E-state index contributed by atoms with van der Waals surface area (Å²) in [6.45, 7) is 4.67. The number of benzene rings is 2. The minimum atomic E-state index is 0.0696. The minimum absolute atomic E-state index is 0.0696. The first kappa shape index (κ1) is 21.8. The zero-order chi connectivity index (χ0) is 22.8. The van der Waals surface area contributed by atoms with Gasteiger partial charge in [0.2, 0.25) is 0 Å². The topological polar surface area (TPSA) is 56.7 Å². The average molecular weight is 442 g/mol. The van der Waals surface area contributed by atoms with Gasteiger partial charge in [-0.15, -0.1) is 0 Å². The maximum atomic E-state index is 13.2. The summed E-state index contributed by atoms with van der Waals surface area (Å²) in [5, 5.41) is 10.2. The van der Waals surface area contributed by atoms with Crippen molar-refractivity contribution in [3.8, 4) is 11.1 Å². The molecule has 0 unspecified atom stereocenters. The first-order valence-corrected chi connectivity index (χ1v) is 11.9. The van der Waals surface area contributed by atoms with Crippen molar-refractivity contribution in [1.82, 2.24) is 14.8 Å². The predicted octanol–water partition coefficient (Wildman–Crippen LogP) is 4.12. The van der Waals surface area contributed by atoms with Crippen LogP contribution in [0.5, 0.6) is 0 Å². The van der Waals surface area contributed by atoms with Crippen LogP contribution in [0, 0.1) is 6.92 Å². The van der Waals surface area contributed by atoms with Gasteiger partial charge in [0.05, 0.1) is 6.61 Å². The number of carbonyl (C=O) groups excluding carboxylic acids is 1. The second-order valence-corrected chi connectivity index (χ2v) is 9.26. The highest BCUT2D eigenvalue weighted by molar-refractivity contribution is 5.94. The van der Waals surface area contributed by atoms with Gasteiger partial charge in [-0.05, 0) is 55.1 Å². The Morgan fingerprint density at radius 2 is 1.58 bits per heavy atom. The monoisotopic (exact) mass is 441 g/mol. The fraction of sp³-hybridized carbons (Fsp3) is 0.357. The number of nitrogens with zero attached hydrogens (tertiary/aromatic N) is 3. The first-order valence-electron chi connectivity index (χ1n) is 11.9. The number of hydrogen-bond acceptors (Lipinski definition) is 4. The Hall–Kier alpha value is -3.02. The molecule has 170 valence electrons. The summed E-state index contributed by atoms with van der Waals surface area (Å²) in [4.78, 5) is 21.6. The van der Waals surface area contributed by atoms with Gasteiger partial charge < -0.3 is 10.0 Å². The molecule has 3 atom stereocenters. The Morgan fingerprint density at radius 3 is 2.24 bits per heavy atom. The average Bonchev–Trinajstić information content (AvgIpc) is 2.84. The van der Waals surface area contributed by atoms with E-state index in [1.807, 2.05) is 4.90 Å². The molecule has 2 fully saturated rings. The van der Waals surface area contributed by atoms with E-state index in [2.05, 4.69) is 65.3 Å². The Balaban J connectivity index is 1.38. The van der Waals surface area contributed by atoms with Crippen LogP contribution in [-0.4, -0.2) is 64.1 Å². The molecule has 1 N–H and O–H groups in total. The molecule has 0 spiro atoms. The molecule has 2 saturated heterocycles. The smallest absolute Gasteiger partial charge is 0.254 e. The number of amides is 1. The van der Waals surface area contributed by atoms with E-state index < -0.39 is 0 Å². The van der Waals surface area contributed by atoms with E-state index in [4.69, 9.17) is 0 Å². The summed E-state index contributed by atoms with van der Waals surface area (Å²) < 4.78 is 0. The Morgan fingerprint density at radius 1 is 0.939 bits per heavy atom. The maximum Gasteiger partial charge on any atom is 0.254 e. The summed E-state index contributed by atoms with van der Waals surface area (Å²) in [6, 6.07) is 21.3. The molecule has 5 heteroatoms. The van der Waals surface area contributed by atoms with Gasteiger partial charge in [0.25, 0.3) is 5.91 Å². The number of hydrogen-bond donors (Lipinski definition) is 1. The van der Waals surface area contributed by atoms with Crippen molar-refractivity contribution >= 4 is 5.91 Å². The molecule has 0 saturated carbocycles. The molecule has 0 aliphatic carbocycles. The molecule has 2 aromatic carbocycles. The lowest BCUT2D eigenvalue weighted by molar-refractivity contribution is -0.0606. The predicted molar refractivity (Wildman–Crippen MR) is 130 cm³/mol. The van der Waals surface area contributed by atoms with Gasteiger partial charge in [-0.25, -0.2) is 0 Å². The van der Waals surface area contributed by atoms with Crippen LogP contribution >= 0.6 is 0 Å². The van der Waals surface area contributed by atoms with Crippen LogP contribution in [0.4, 0.5) is 0 Å². The third kappa shape index (κ3) is 4.31. The van der Waals surface area contributed by atoms with E-state index >= 15 is 0 Å². The highest BCUT2D eigenvalue weighted by Crippen LogP contribution is 2.42. The summed E-state index contributed by atoms with van der Waals surface area (Å²) >= 11 is 0. The van der Waals surface area contributed by atoms with Gasteiger partial charge >= 0.3 is 0 Å². The molecule has 5 rings (SSSR count). The van der Waals surface area contributed by atoms with E-state index in [1.165, 1.54) is 22.3 Å². The SMILES string of the molecule is Cc1ccc(-c2ccc([C@H]3[C@@H](CO)N4CCCCN(C(=O)c5ccncc5)C[C@@H]34)cc2)cc1. The second kappa shape index (κ2) is 9.46. The molecule has 1 aromatic heterocycles. The fourth-order valence-electron chi connectivity index (χ4n) is 5.45. The quantitative estimate of drug-likeness (QED) is 0.662. The van der Waals surface area contributed by atoms with E-state index in [1.54, 1.807) is 24.5 Å². The van der Waals surface area contributed by atoms with E-state index in [0.717, 1.165) is 25.9 Å². The standard InChI is InChI=1S/C28H31N3O2/c1-20-4-6-21(7-5-20)22-8-10-23(11-9-22)27-25-18-30(28(33)24-12-14-29-15-13-24)16-2-3-17-31(25)26(27)19-32/h4-15,25-27,32H,2-3,16-19H2,1H3/t25-,26+,27+/m0/s1. The van der Waals surface area contributed by atoms with Crippen LogP contribution in [0.2, 0.25) is 0 Å². The van der Waals surface area contributed by atoms with E-state index in [0.29, 0.717) is 12.1 Å². The number of aromatic nitrogens is 1.